The molecule has 7 heteroatoms. The van der Waals surface area contributed by atoms with Gasteiger partial charge in [-0.2, -0.15) is 0 Å². The third-order valence-electron chi connectivity index (χ3n) is 5.38. The number of imidazole rings is 1. The summed E-state index contributed by atoms with van der Waals surface area (Å²) in [5.41, 5.74) is 3.23. The van der Waals surface area contributed by atoms with Gasteiger partial charge in [0.25, 0.3) is 5.91 Å². The molecule has 0 radical (unpaired) electrons. The summed E-state index contributed by atoms with van der Waals surface area (Å²) >= 11 is 0. The fraction of sp³-hybridized carbons (Fsp3) is 0.227. The highest BCUT2D eigenvalue weighted by Crippen LogP contribution is 2.32. The molecule has 29 heavy (non-hydrogen) atoms. The van der Waals surface area contributed by atoms with Crippen LogP contribution in [0.5, 0.6) is 5.75 Å². The number of amides is 1. The molecule has 1 aliphatic heterocycles. The van der Waals surface area contributed by atoms with Gasteiger partial charge in [0.1, 0.15) is 23.4 Å². The van der Waals surface area contributed by atoms with Crippen LogP contribution < -0.4 is 4.74 Å². The minimum atomic E-state index is 0.0254. The minimum Gasteiger partial charge on any atom is -0.497 e. The van der Waals surface area contributed by atoms with Crippen LogP contribution in [0, 0.1) is 0 Å². The zero-order valence-corrected chi connectivity index (χ0v) is 16.0. The van der Waals surface area contributed by atoms with Crippen molar-refractivity contribution >= 4 is 17.1 Å². The molecule has 1 saturated heterocycles. The first kappa shape index (κ1) is 17.5. The molecule has 0 bridgehead atoms. The molecule has 1 fully saturated rings. The molecule has 1 amide bonds. The fourth-order valence-electron chi connectivity index (χ4n) is 3.92. The van der Waals surface area contributed by atoms with Gasteiger partial charge in [0, 0.05) is 24.8 Å². The maximum Gasteiger partial charge on any atom is 0.253 e. The van der Waals surface area contributed by atoms with Gasteiger partial charge in [-0.1, -0.05) is 0 Å². The van der Waals surface area contributed by atoms with Crippen molar-refractivity contribution in [2.24, 2.45) is 0 Å². The van der Waals surface area contributed by atoms with Crippen LogP contribution in [0.2, 0.25) is 0 Å². The van der Waals surface area contributed by atoms with Crippen molar-refractivity contribution in [3.8, 4) is 17.1 Å². The number of fused-ring (bicyclic) bond motifs is 1. The van der Waals surface area contributed by atoms with Crippen LogP contribution in [-0.2, 0) is 0 Å². The first-order chi connectivity index (χ1) is 14.2. The van der Waals surface area contributed by atoms with E-state index in [9.17, 15) is 4.79 Å². The second kappa shape index (κ2) is 7.09. The number of likely N-dealkylation sites (tertiary alicyclic amines) is 1. The lowest BCUT2D eigenvalue weighted by atomic mass is 10.2. The van der Waals surface area contributed by atoms with Gasteiger partial charge in [-0.15, -0.1) is 0 Å². The molecule has 1 aliphatic rings. The molecule has 7 nitrogen and oxygen atoms in total. The summed E-state index contributed by atoms with van der Waals surface area (Å²) in [5.74, 6) is 1.58. The molecule has 1 atom stereocenters. The number of ether oxygens (including phenoxy) is 1. The molecule has 4 heterocycles. The molecule has 4 aromatic rings. The maximum atomic E-state index is 13.0. The molecule has 0 saturated carbocycles. The van der Waals surface area contributed by atoms with Crippen molar-refractivity contribution < 1.29 is 13.9 Å². The Kier molecular flexibility index (Phi) is 4.27. The first-order valence-electron chi connectivity index (χ1n) is 9.53. The third kappa shape index (κ3) is 3.04. The standard InChI is InChI=1S/C22H20N4O3/c1-28-18-6-4-15(5-7-18)22(27)25-11-8-17(13-25)26-20(16-9-12-29-14-16)24-19-3-2-10-23-21(19)26/h2-7,9-10,12,14,17H,8,11,13H2,1H3. The van der Waals surface area contributed by atoms with Crippen molar-refractivity contribution in [3.05, 3.63) is 66.8 Å². The highest BCUT2D eigenvalue weighted by atomic mass is 16.5. The molecule has 0 aliphatic carbocycles. The van der Waals surface area contributed by atoms with Gasteiger partial charge in [-0.3, -0.25) is 4.79 Å². The third-order valence-corrected chi connectivity index (χ3v) is 5.38. The van der Waals surface area contributed by atoms with E-state index in [0.29, 0.717) is 18.7 Å². The van der Waals surface area contributed by atoms with Gasteiger partial charge in [-0.05, 0) is 48.9 Å². The van der Waals surface area contributed by atoms with Crippen LogP contribution in [0.1, 0.15) is 22.8 Å². The molecule has 146 valence electrons. The Morgan fingerprint density at radius 3 is 2.83 bits per heavy atom. The molecule has 5 rings (SSSR count). The van der Waals surface area contributed by atoms with Crippen LogP contribution in [0.4, 0.5) is 0 Å². The number of carbonyl (C=O) groups excluding carboxylic acids is 1. The van der Waals surface area contributed by atoms with Crippen molar-refractivity contribution in [2.75, 3.05) is 20.2 Å². The van der Waals surface area contributed by atoms with Gasteiger partial charge >= 0.3 is 0 Å². The SMILES string of the molecule is COc1ccc(C(=O)N2CCC(n3c(-c4ccoc4)nc4cccnc43)C2)cc1. The molecular formula is C22H20N4O3. The number of nitrogens with zero attached hydrogens (tertiary/aromatic N) is 4. The lowest BCUT2D eigenvalue weighted by molar-refractivity contribution is 0.0788. The summed E-state index contributed by atoms with van der Waals surface area (Å²) in [7, 11) is 1.61. The van der Waals surface area contributed by atoms with E-state index in [4.69, 9.17) is 14.1 Å². The Morgan fingerprint density at radius 1 is 1.21 bits per heavy atom. The quantitative estimate of drug-likeness (QED) is 0.532. The van der Waals surface area contributed by atoms with Crippen molar-refractivity contribution in [3.63, 3.8) is 0 Å². The number of aromatic nitrogens is 3. The van der Waals surface area contributed by atoms with E-state index < -0.39 is 0 Å². The van der Waals surface area contributed by atoms with Gasteiger partial charge in [-0.25, -0.2) is 9.97 Å². The maximum absolute atomic E-state index is 13.0. The fourth-order valence-corrected chi connectivity index (χ4v) is 3.92. The number of carbonyl (C=O) groups is 1. The number of benzene rings is 1. The average Bonchev–Trinajstić information content (AvgIpc) is 3.52. The molecule has 0 N–H and O–H groups in total. The van der Waals surface area contributed by atoms with Crippen LogP contribution >= 0.6 is 0 Å². The van der Waals surface area contributed by atoms with Crippen LogP contribution in [0.3, 0.4) is 0 Å². The Bertz CT molecular complexity index is 1150. The summed E-state index contributed by atoms with van der Waals surface area (Å²) in [6.45, 7) is 1.30. The second-order valence-electron chi connectivity index (χ2n) is 7.09. The summed E-state index contributed by atoms with van der Waals surface area (Å²) in [5, 5.41) is 0. The summed E-state index contributed by atoms with van der Waals surface area (Å²) < 4.78 is 12.6. The minimum absolute atomic E-state index is 0.0254. The number of pyridine rings is 1. The zero-order chi connectivity index (χ0) is 19.8. The second-order valence-corrected chi connectivity index (χ2v) is 7.09. The van der Waals surface area contributed by atoms with Crippen LogP contribution in [0.15, 0.2) is 65.6 Å². The van der Waals surface area contributed by atoms with E-state index in [1.54, 1.807) is 38.0 Å². The van der Waals surface area contributed by atoms with Crippen molar-refractivity contribution in [2.45, 2.75) is 12.5 Å². The predicted molar refractivity (Wildman–Crippen MR) is 108 cm³/mol. The Labute approximate surface area is 167 Å². The molecule has 1 aromatic carbocycles. The summed E-state index contributed by atoms with van der Waals surface area (Å²) in [6.07, 6.45) is 5.94. The highest BCUT2D eigenvalue weighted by Gasteiger charge is 2.31. The lowest BCUT2D eigenvalue weighted by Gasteiger charge is -2.18. The smallest absolute Gasteiger partial charge is 0.253 e. The predicted octanol–water partition coefficient (Wildman–Crippen LogP) is 3.79. The van der Waals surface area contributed by atoms with Gasteiger partial charge in [0.05, 0.1) is 25.0 Å². The van der Waals surface area contributed by atoms with Crippen LogP contribution in [0.25, 0.3) is 22.6 Å². The number of methoxy groups -OCH3 is 1. The number of hydrogen-bond donors (Lipinski definition) is 0. The topological polar surface area (TPSA) is 73.4 Å². The first-order valence-corrected chi connectivity index (χ1v) is 9.53. The van der Waals surface area contributed by atoms with Crippen molar-refractivity contribution in [1.29, 1.82) is 0 Å². The van der Waals surface area contributed by atoms with E-state index in [2.05, 4.69) is 9.55 Å². The summed E-state index contributed by atoms with van der Waals surface area (Å²) in [4.78, 5) is 24.2. The molecular weight excluding hydrogens is 368 g/mol. The normalized spacial score (nSPS) is 16.4. The number of hydrogen-bond acceptors (Lipinski definition) is 5. The monoisotopic (exact) mass is 388 g/mol. The van der Waals surface area contributed by atoms with E-state index >= 15 is 0 Å². The average molecular weight is 388 g/mol. The molecule has 3 aromatic heterocycles. The number of furan rings is 1. The van der Waals surface area contributed by atoms with E-state index in [0.717, 1.165) is 34.7 Å². The van der Waals surface area contributed by atoms with Crippen LogP contribution in [-0.4, -0.2) is 45.5 Å². The highest BCUT2D eigenvalue weighted by molar-refractivity contribution is 5.94. The largest absolute Gasteiger partial charge is 0.497 e. The Balaban J connectivity index is 1.46. The lowest BCUT2D eigenvalue weighted by Crippen LogP contribution is -2.29. The van der Waals surface area contributed by atoms with E-state index in [1.165, 1.54) is 0 Å². The zero-order valence-electron chi connectivity index (χ0n) is 16.0. The molecule has 0 spiro atoms. The van der Waals surface area contributed by atoms with Gasteiger partial charge < -0.3 is 18.6 Å². The summed E-state index contributed by atoms with van der Waals surface area (Å²) in [6, 6.07) is 13.1. The Morgan fingerprint density at radius 2 is 2.07 bits per heavy atom. The Hall–Kier alpha value is -3.61. The van der Waals surface area contributed by atoms with E-state index in [-0.39, 0.29) is 11.9 Å². The number of rotatable bonds is 4. The van der Waals surface area contributed by atoms with Gasteiger partial charge in [0.15, 0.2) is 5.65 Å². The van der Waals surface area contributed by atoms with Gasteiger partial charge in [0.2, 0.25) is 0 Å². The molecule has 1 unspecified atom stereocenters. The van der Waals surface area contributed by atoms with Crippen molar-refractivity contribution in [1.82, 2.24) is 19.4 Å². The van der Waals surface area contributed by atoms with E-state index in [1.807, 2.05) is 35.2 Å².